The van der Waals surface area contributed by atoms with Crippen molar-refractivity contribution in [1.82, 2.24) is 0 Å². The summed E-state index contributed by atoms with van der Waals surface area (Å²) in [4.78, 5) is 12.6. The van der Waals surface area contributed by atoms with E-state index in [1.165, 1.54) is 42.5 Å². The number of nitrogens with one attached hydrogen (secondary N) is 1. The summed E-state index contributed by atoms with van der Waals surface area (Å²) in [6.45, 7) is 0. The first-order valence-corrected chi connectivity index (χ1v) is 10.4. The van der Waals surface area contributed by atoms with Gasteiger partial charge in [-0.1, -0.05) is 53.0 Å². The molecule has 9 heteroatoms. The average molecular weight is 457 g/mol. The number of carbonyl (C=O) groups is 1. The molecular weight excluding hydrogens is 445 g/mol. The van der Waals surface area contributed by atoms with E-state index < -0.39 is 16.0 Å². The largest absolute Gasteiger partial charge is 0.378 e. The van der Waals surface area contributed by atoms with E-state index in [4.69, 9.17) is 39.0 Å². The zero-order chi connectivity index (χ0) is 20.3. The molecule has 5 nitrogen and oxygen atoms in total. The van der Waals surface area contributed by atoms with Gasteiger partial charge in [0.05, 0.1) is 15.6 Å². The third-order valence-corrected chi connectivity index (χ3v) is 5.82. The quantitative estimate of drug-likeness (QED) is 0.502. The molecule has 0 aliphatic rings. The smallest absolute Gasteiger partial charge is 0.339 e. The lowest BCUT2D eigenvalue weighted by atomic mass is 10.2. The highest BCUT2D eigenvalue weighted by Crippen LogP contribution is 2.29. The molecule has 0 fully saturated rings. The van der Waals surface area contributed by atoms with Crippen LogP contribution in [0.2, 0.25) is 15.1 Å². The van der Waals surface area contributed by atoms with Gasteiger partial charge in [0.2, 0.25) is 0 Å². The van der Waals surface area contributed by atoms with Gasteiger partial charge in [-0.15, -0.1) is 0 Å². The first-order valence-electron chi connectivity index (χ1n) is 7.82. The van der Waals surface area contributed by atoms with Crippen molar-refractivity contribution in [2.75, 3.05) is 5.32 Å². The van der Waals surface area contributed by atoms with Gasteiger partial charge >= 0.3 is 10.1 Å². The van der Waals surface area contributed by atoms with E-state index in [2.05, 4.69) is 5.32 Å². The average Bonchev–Trinajstić information content (AvgIpc) is 2.65. The molecule has 3 aromatic rings. The van der Waals surface area contributed by atoms with Gasteiger partial charge in [-0.3, -0.25) is 4.79 Å². The van der Waals surface area contributed by atoms with Gasteiger partial charge in [-0.25, -0.2) is 0 Å². The van der Waals surface area contributed by atoms with Crippen LogP contribution in [0, 0.1) is 0 Å². The second-order valence-electron chi connectivity index (χ2n) is 5.57. The first kappa shape index (κ1) is 20.5. The summed E-state index contributed by atoms with van der Waals surface area (Å²) in [6, 6.07) is 16.2. The van der Waals surface area contributed by atoms with E-state index >= 15 is 0 Å². The second-order valence-corrected chi connectivity index (χ2v) is 8.37. The van der Waals surface area contributed by atoms with Crippen LogP contribution in [0.4, 0.5) is 5.69 Å². The second kappa shape index (κ2) is 8.41. The van der Waals surface area contributed by atoms with Crippen LogP contribution in [0.25, 0.3) is 0 Å². The zero-order valence-electron chi connectivity index (χ0n) is 14.0. The highest BCUT2D eigenvalue weighted by atomic mass is 35.5. The van der Waals surface area contributed by atoms with Crippen molar-refractivity contribution < 1.29 is 17.4 Å². The molecule has 0 spiro atoms. The molecular formula is C19H12Cl3NO4S. The summed E-state index contributed by atoms with van der Waals surface area (Å²) in [5.74, 6) is -0.803. The molecule has 0 aliphatic carbocycles. The Bertz CT molecular complexity index is 1140. The van der Waals surface area contributed by atoms with E-state index in [1.807, 2.05) is 0 Å². The Hall–Kier alpha value is -2.25. The lowest BCUT2D eigenvalue weighted by molar-refractivity contribution is 0.102. The number of carbonyl (C=O) groups excluding carboxylic acids is 1. The van der Waals surface area contributed by atoms with Gasteiger partial charge in [-0.05, 0) is 42.5 Å². The number of anilines is 1. The fraction of sp³-hybridized carbons (Fsp3) is 0. The minimum atomic E-state index is -4.15. The summed E-state index contributed by atoms with van der Waals surface area (Å²) < 4.78 is 30.2. The van der Waals surface area contributed by atoms with Crippen LogP contribution in [0.3, 0.4) is 0 Å². The summed E-state index contributed by atoms with van der Waals surface area (Å²) >= 11 is 17.8. The SMILES string of the molecule is O=C(Nc1ccc(Cl)c(Cl)c1)c1ccc(Cl)cc1OS(=O)(=O)c1ccccc1. The van der Waals surface area contributed by atoms with Crippen molar-refractivity contribution in [2.24, 2.45) is 0 Å². The number of amides is 1. The molecule has 0 bridgehead atoms. The molecule has 0 saturated heterocycles. The molecule has 0 saturated carbocycles. The van der Waals surface area contributed by atoms with Gasteiger partial charge in [-0.2, -0.15) is 8.42 Å². The maximum Gasteiger partial charge on any atom is 0.339 e. The number of hydrogen-bond donors (Lipinski definition) is 1. The number of halogens is 3. The van der Waals surface area contributed by atoms with Crippen LogP contribution in [0.1, 0.15) is 10.4 Å². The molecule has 1 N–H and O–H groups in total. The molecule has 28 heavy (non-hydrogen) atoms. The van der Waals surface area contributed by atoms with Crippen molar-refractivity contribution in [3.05, 3.63) is 87.4 Å². The van der Waals surface area contributed by atoms with Gasteiger partial charge in [0.15, 0.2) is 5.75 Å². The Morgan fingerprint density at radius 1 is 0.857 bits per heavy atom. The van der Waals surface area contributed by atoms with Crippen LogP contribution in [0.5, 0.6) is 5.75 Å². The maximum atomic E-state index is 12.7. The molecule has 0 aromatic heterocycles. The van der Waals surface area contributed by atoms with E-state index in [0.717, 1.165) is 0 Å². The van der Waals surface area contributed by atoms with Crippen molar-refractivity contribution in [2.45, 2.75) is 4.90 Å². The minimum absolute atomic E-state index is 0.0185. The molecule has 144 valence electrons. The van der Waals surface area contributed by atoms with E-state index in [-0.39, 0.29) is 26.3 Å². The fourth-order valence-electron chi connectivity index (χ4n) is 2.28. The Labute approximate surface area is 176 Å². The highest BCUT2D eigenvalue weighted by Gasteiger charge is 2.21. The third kappa shape index (κ3) is 4.77. The Balaban J connectivity index is 1.92. The Morgan fingerprint density at radius 2 is 1.57 bits per heavy atom. The van der Waals surface area contributed by atoms with Crippen molar-refractivity contribution in [3.8, 4) is 5.75 Å². The monoisotopic (exact) mass is 455 g/mol. The van der Waals surface area contributed by atoms with Crippen LogP contribution in [-0.4, -0.2) is 14.3 Å². The summed E-state index contributed by atoms with van der Waals surface area (Å²) in [7, 11) is -4.15. The summed E-state index contributed by atoms with van der Waals surface area (Å²) in [5, 5.41) is 3.42. The van der Waals surface area contributed by atoms with E-state index in [0.29, 0.717) is 10.7 Å². The number of hydrogen-bond acceptors (Lipinski definition) is 4. The Kier molecular flexibility index (Phi) is 6.15. The molecule has 0 heterocycles. The highest BCUT2D eigenvalue weighted by molar-refractivity contribution is 7.87. The van der Waals surface area contributed by atoms with Gasteiger partial charge in [0.1, 0.15) is 4.90 Å². The number of rotatable bonds is 5. The number of benzene rings is 3. The van der Waals surface area contributed by atoms with Crippen LogP contribution < -0.4 is 9.50 Å². The minimum Gasteiger partial charge on any atom is -0.378 e. The van der Waals surface area contributed by atoms with Crippen molar-refractivity contribution in [3.63, 3.8) is 0 Å². The van der Waals surface area contributed by atoms with Gasteiger partial charge < -0.3 is 9.50 Å². The lowest BCUT2D eigenvalue weighted by Crippen LogP contribution is -2.16. The maximum absolute atomic E-state index is 12.7. The first-order chi connectivity index (χ1) is 13.3. The van der Waals surface area contributed by atoms with E-state index in [9.17, 15) is 13.2 Å². The molecule has 0 aliphatic heterocycles. The predicted octanol–water partition coefficient (Wildman–Crippen LogP) is 5.67. The molecule has 3 aromatic carbocycles. The molecule has 3 rings (SSSR count). The van der Waals surface area contributed by atoms with Crippen LogP contribution >= 0.6 is 34.8 Å². The summed E-state index contributed by atoms with van der Waals surface area (Å²) in [5.41, 5.74) is 0.362. The zero-order valence-corrected chi connectivity index (χ0v) is 17.1. The molecule has 0 atom stereocenters. The standard InChI is InChI=1S/C19H12Cl3NO4S/c20-12-6-8-15(19(24)23-13-7-9-16(21)17(22)11-13)18(10-12)27-28(25,26)14-4-2-1-3-5-14/h1-11H,(H,23,24). The third-order valence-electron chi connectivity index (χ3n) is 3.60. The van der Waals surface area contributed by atoms with E-state index in [1.54, 1.807) is 24.3 Å². The fourth-order valence-corrected chi connectivity index (χ4v) is 3.70. The lowest BCUT2D eigenvalue weighted by Gasteiger charge is -2.12. The van der Waals surface area contributed by atoms with Crippen molar-refractivity contribution in [1.29, 1.82) is 0 Å². The molecule has 1 amide bonds. The molecule has 0 radical (unpaired) electrons. The van der Waals surface area contributed by atoms with Crippen LogP contribution in [-0.2, 0) is 10.1 Å². The summed E-state index contributed by atoms with van der Waals surface area (Å²) in [6.07, 6.45) is 0. The van der Waals surface area contributed by atoms with Gasteiger partial charge in [0, 0.05) is 16.8 Å². The predicted molar refractivity (Wildman–Crippen MR) is 110 cm³/mol. The normalized spacial score (nSPS) is 11.1. The topological polar surface area (TPSA) is 72.5 Å². The van der Waals surface area contributed by atoms with Crippen LogP contribution in [0.15, 0.2) is 71.6 Å². The van der Waals surface area contributed by atoms with Gasteiger partial charge in [0.25, 0.3) is 5.91 Å². The Morgan fingerprint density at radius 3 is 2.25 bits per heavy atom. The van der Waals surface area contributed by atoms with Crippen molar-refractivity contribution >= 4 is 56.5 Å². The molecule has 0 unspecified atom stereocenters.